The van der Waals surface area contributed by atoms with Crippen molar-refractivity contribution in [1.82, 2.24) is 0 Å². The summed E-state index contributed by atoms with van der Waals surface area (Å²) in [5, 5.41) is 0. The third-order valence-corrected chi connectivity index (χ3v) is 4.82. The monoisotopic (exact) mass is 272 g/mol. The molecule has 0 aliphatic rings. The Kier molecular flexibility index (Phi) is 12.6. The zero-order valence-corrected chi connectivity index (χ0v) is 14.2. The Morgan fingerprint density at radius 2 is 1.11 bits per heavy atom. The highest BCUT2D eigenvalue weighted by atomic mass is 32.2. The van der Waals surface area contributed by atoms with Gasteiger partial charge in [-0.2, -0.15) is 11.8 Å². The van der Waals surface area contributed by atoms with E-state index in [0.717, 1.165) is 0 Å². The first-order valence-electron chi connectivity index (χ1n) is 8.14. The van der Waals surface area contributed by atoms with Crippen molar-refractivity contribution in [2.45, 2.75) is 91.9 Å². The molecule has 0 aromatic carbocycles. The first-order chi connectivity index (χ1) is 8.56. The van der Waals surface area contributed by atoms with Crippen LogP contribution >= 0.6 is 11.8 Å². The average Bonchev–Trinajstić information content (AvgIpc) is 2.29. The second-order valence-corrected chi connectivity index (χ2v) is 7.90. The number of thioether (sulfide) groups is 1. The van der Waals surface area contributed by atoms with Crippen LogP contribution in [0.1, 0.15) is 91.9 Å². The lowest BCUT2D eigenvalue weighted by atomic mass is 10.0. The van der Waals surface area contributed by atoms with E-state index >= 15 is 0 Å². The highest BCUT2D eigenvalue weighted by Crippen LogP contribution is 2.21. The molecule has 0 rings (SSSR count). The molecule has 0 saturated heterocycles. The summed E-state index contributed by atoms with van der Waals surface area (Å²) >= 11 is 2.14. The molecule has 0 aromatic rings. The van der Waals surface area contributed by atoms with Gasteiger partial charge in [-0.25, -0.2) is 0 Å². The summed E-state index contributed by atoms with van der Waals surface area (Å²) in [6.07, 6.45) is 14.5. The summed E-state index contributed by atoms with van der Waals surface area (Å²) in [4.78, 5) is 0. The topological polar surface area (TPSA) is 0 Å². The van der Waals surface area contributed by atoms with Gasteiger partial charge in [0.25, 0.3) is 0 Å². The van der Waals surface area contributed by atoms with Crippen LogP contribution in [-0.2, 0) is 0 Å². The Labute approximate surface area is 121 Å². The molecule has 0 amide bonds. The lowest BCUT2D eigenvalue weighted by Gasteiger charge is -2.16. The van der Waals surface area contributed by atoms with E-state index < -0.39 is 0 Å². The third kappa shape index (κ3) is 16.4. The van der Waals surface area contributed by atoms with Crippen LogP contribution in [0, 0.1) is 5.41 Å². The molecule has 0 atom stereocenters. The van der Waals surface area contributed by atoms with Crippen molar-refractivity contribution < 1.29 is 0 Å². The smallest absolute Gasteiger partial charge is 0.00187 e. The Morgan fingerprint density at radius 3 is 1.56 bits per heavy atom. The molecule has 0 radical (unpaired) electrons. The number of rotatable bonds is 12. The van der Waals surface area contributed by atoms with Crippen molar-refractivity contribution in [3.63, 3.8) is 0 Å². The predicted molar refractivity (Wildman–Crippen MR) is 88.6 cm³/mol. The van der Waals surface area contributed by atoms with Gasteiger partial charge in [0.15, 0.2) is 0 Å². The molecule has 0 N–H and O–H groups in total. The van der Waals surface area contributed by atoms with E-state index in [2.05, 4.69) is 39.5 Å². The van der Waals surface area contributed by atoms with Gasteiger partial charge in [0.1, 0.15) is 0 Å². The molecular weight excluding hydrogens is 236 g/mol. The van der Waals surface area contributed by atoms with Gasteiger partial charge in [-0.3, -0.25) is 0 Å². The van der Waals surface area contributed by atoms with E-state index in [9.17, 15) is 0 Å². The van der Waals surface area contributed by atoms with Gasteiger partial charge in [0, 0.05) is 0 Å². The zero-order valence-electron chi connectivity index (χ0n) is 13.4. The fraction of sp³-hybridized carbons (Fsp3) is 1.00. The van der Waals surface area contributed by atoms with Gasteiger partial charge in [-0.05, 0) is 23.3 Å². The molecule has 0 saturated carbocycles. The summed E-state index contributed by atoms with van der Waals surface area (Å²) in [7, 11) is 0. The van der Waals surface area contributed by atoms with E-state index in [1.807, 2.05) is 0 Å². The van der Waals surface area contributed by atoms with E-state index in [4.69, 9.17) is 0 Å². The quantitative estimate of drug-likeness (QED) is 0.357. The second kappa shape index (κ2) is 12.4. The van der Waals surface area contributed by atoms with Crippen molar-refractivity contribution in [1.29, 1.82) is 0 Å². The maximum atomic E-state index is 2.33. The SMILES string of the molecule is CCCCCCCCCCCCSCC(C)(C)C. The molecule has 0 heterocycles. The van der Waals surface area contributed by atoms with Crippen LogP contribution in [-0.4, -0.2) is 11.5 Å². The molecule has 0 aliphatic carbocycles. The minimum Gasteiger partial charge on any atom is -0.161 e. The van der Waals surface area contributed by atoms with Gasteiger partial charge < -0.3 is 0 Å². The number of unbranched alkanes of at least 4 members (excludes halogenated alkanes) is 9. The van der Waals surface area contributed by atoms with Crippen LogP contribution in [0.5, 0.6) is 0 Å². The molecule has 0 unspecified atom stereocenters. The summed E-state index contributed by atoms with van der Waals surface area (Å²) in [5.74, 6) is 2.68. The highest BCUT2D eigenvalue weighted by molar-refractivity contribution is 7.99. The highest BCUT2D eigenvalue weighted by Gasteiger charge is 2.08. The maximum Gasteiger partial charge on any atom is -0.00187 e. The van der Waals surface area contributed by atoms with Gasteiger partial charge in [0.2, 0.25) is 0 Å². The van der Waals surface area contributed by atoms with Crippen molar-refractivity contribution in [3.05, 3.63) is 0 Å². The van der Waals surface area contributed by atoms with Gasteiger partial charge in [0.05, 0.1) is 0 Å². The Morgan fingerprint density at radius 1 is 0.667 bits per heavy atom. The summed E-state index contributed by atoms with van der Waals surface area (Å²) < 4.78 is 0. The van der Waals surface area contributed by atoms with Gasteiger partial charge in [-0.1, -0.05) is 85.5 Å². The second-order valence-electron chi connectivity index (χ2n) is 6.80. The van der Waals surface area contributed by atoms with Crippen molar-refractivity contribution >= 4 is 11.8 Å². The molecule has 18 heavy (non-hydrogen) atoms. The van der Waals surface area contributed by atoms with Crippen LogP contribution in [0.3, 0.4) is 0 Å². The molecular formula is C17H36S. The lowest BCUT2D eigenvalue weighted by molar-refractivity contribution is 0.480. The van der Waals surface area contributed by atoms with Crippen LogP contribution in [0.25, 0.3) is 0 Å². The molecule has 0 nitrogen and oxygen atoms in total. The average molecular weight is 273 g/mol. The van der Waals surface area contributed by atoms with Crippen LogP contribution in [0.4, 0.5) is 0 Å². The van der Waals surface area contributed by atoms with Crippen molar-refractivity contribution in [2.24, 2.45) is 5.41 Å². The maximum absolute atomic E-state index is 2.33. The van der Waals surface area contributed by atoms with E-state index in [0.29, 0.717) is 5.41 Å². The number of hydrogen-bond acceptors (Lipinski definition) is 1. The summed E-state index contributed by atoms with van der Waals surface area (Å²) in [5.41, 5.74) is 0.503. The number of hydrogen-bond donors (Lipinski definition) is 0. The molecule has 0 spiro atoms. The molecule has 0 fully saturated rings. The third-order valence-electron chi connectivity index (χ3n) is 3.18. The molecule has 0 bridgehead atoms. The van der Waals surface area contributed by atoms with E-state index in [1.165, 1.54) is 75.7 Å². The molecule has 0 aromatic heterocycles. The minimum atomic E-state index is 0.503. The van der Waals surface area contributed by atoms with Crippen molar-refractivity contribution in [2.75, 3.05) is 11.5 Å². The van der Waals surface area contributed by atoms with Crippen LogP contribution in [0.2, 0.25) is 0 Å². The fourth-order valence-corrected chi connectivity index (χ4v) is 3.23. The largest absolute Gasteiger partial charge is 0.161 e. The fourth-order valence-electron chi connectivity index (χ4n) is 2.07. The Bertz CT molecular complexity index is 157. The lowest BCUT2D eigenvalue weighted by Crippen LogP contribution is -2.08. The van der Waals surface area contributed by atoms with Gasteiger partial charge in [-0.15, -0.1) is 0 Å². The van der Waals surface area contributed by atoms with E-state index in [-0.39, 0.29) is 0 Å². The van der Waals surface area contributed by atoms with Crippen molar-refractivity contribution in [3.8, 4) is 0 Å². The zero-order chi connectivity index (χ0) is 13.7. The van der Waals surface area contributed by atoms with Gasteiger partial charge >= 0.3 is 0 Å². The normalized spacial score (nSPS) is 12.0. The molecule has 0 aliphatic heterocycles. The summed E-state index contributed by atoms with van der Waals surface area (Å²) in [6, 6.07) is 0. The molecule has 110 valence electrons. The van der Waals surface area contributed by atoms with E-state index in [1.54, 1.807) is 0 Å². The predicted octanol–water partition coefficient (Wildman–Crippen LogP) is 6.69. The first kappa shape index (κ1) is 18.4. The van der Waals surface area contributed by atoms with Crippen LogP contribution in [0.15, 0.2) is 0 Å². The van der Waals surface area contributed by atoms with Crippen LogP contribution < -0.4 is 0 Å². The molecule has 1 heteroatoms. The standard InChI is InChI=1S/C17H36S/c1-5-6-7-8-9-10-11-12-13-14-15-18-16-17(2,3)4/h5-16H2,1-4H3. The minimum absolute atomic E-state index is 0.503. The Hall–Kier alpha value is 0.350. The first-order valence-corrected chi connectivity index (χ1v) is 9.29. The summed E-state index contributed by atoms with van der Waals surface area (Å²) in [6.45, 7) is 9.29. The Balaban J connectivity index is 2.99.